The van der Waals surface area contributed by atoms with Gasteiger partial charge in [-0.05, 0) is 37.6 Å². The van der Waals surface area contributed by atoms with Crippen molar-refractivity contribution in [2.45, 2.75) is 19.4 Å². The van der Waals surface area contributed by atoms with Gasteiger partial charge in [-0.1, -0.05) is 11.6 Å². The van der Waals surface area contributed by atoms with Crippen LogP contribution in [0.3, 0.4) is 0 Å². The van der Waals surface area contributed by atoms with E-state index in [1.807, 2.05) is 4.90 Å². The molecule has 0 aromatic heterocycles. The molecule has 0 bridgehead atoms. The second kappa shape index (κ2) is 6.78. The predicted octanol–water partition coefficient (Wildman–Crippen LogP) is 1.93. The Morgan fingerprint density at radius 3 is 2.89 bits per heavy atom. The van der Waals surface area contributed by atoms with E-state index in [2.05, 4.69) is 12.2 Å². The topological polar surface area (TPSA) is 41.6 Å². The fourth-order valence-electron chi connectivity index (χ4n) is 2.03. The minimum Gasteiger partial charge on any atom is -0.484 e. The number of amides is 1. The molecule has 1 saturated heterocycles. The number of nitrogens with one attached hydrogen (secondary N) is 1. The van der Waals surface area contributed by atoms with Gasteiger partial charge in [0, 0.05) is 30.7 Å². The molecule has 0 saturated carbocycles. The highest BCUT2D eigenvalue weighted by molar-refractivity contribution is 6.30. The Hall–Kier alpha value is -1.26. The van der Waals surface area contributed by atoms with E-state index in [0.29, 0.717) is 16.8 Å². The number of carbonyl (C=O) groups is 1. The van der Waals surface area contributed by atoms with E-state index < -0.39 is 0 Å². The maximum Gasteiger partial charge on any atom is 0.260 e. The minimum atomic E-state index is 0.0332. The highest BCUT2D eigenvalue weighted by Gasteiger charge is 2.18. The molecular weight excluding hydrogens is 264 g/mol. The standard InChI is InChI=1S/C14H19ClN2O2/c1-11-6-8-17(9-7-16-11)14(18)10-19-13-4-2-12(15)3-5-13/h2-5,11,16H,6-10H2,1H3. The molecule has 1 aliphatic heterocycles. The van der Waals surface area contributed by atoms with Gasteiger partial charge in [0.15, 0.2) is 6.61 Å². The van der Waals surface area contributed by atoms with E-state index in [9.17, 15) is 4.79 Å². The molecule has 4 nitrogen and oxygen atoms in total. The Labute approximate surface area is 118 Å². The van der Waals surface area contributed by atoms with Crippen molar-refractivity contribution in [2.75, 3.05) is 26.2 Å². The molecule has 5 heteroatoms. The normalized spacial score (nSPS) is 19.9. The van der Waals surface area contributed by atoms with Crippen LogP contribution in [0.15, 0.2) is 24.3 Å². The first-order chi connectivity index (χ1) is 9.15. The third kappa shape index (κ3) is 4.40. The lowest BCUT2D eigenvalue weighted by molar-refractivity contribution is -0.133. The van der Waals surface area contributed by atoms with Crippen molar-refractivity contribution in [1.82, 2.24) is 10.2 Å². The lowest BCUT2D eigenvalue weighted by Crippen LogP contribution is -2.37. The van der Waals surface area contributed by atoms with E-state index in [4.69, 9.17) is 16.3 Å². The number of rotatable bonds is 3. The van der Waals surface area contributed by atoms with Crippen molar-refractivity contribution in [3.63, 3.8) is 0 Å². The Bertz CT molecular complexity index is 422. The van der Waals surface area contributed by atoms with Gasteiger partial charge < -0.3 is 15.0 Å². The molecule has 1 aromatic carbocycles. The van der Waals surface area contributed by atoms with Gasteiger partial charge in [-0.3, -0.25) is 4.79 Å². The number of nitrogens with zero attached hydrogens (tertiary/aromatic N) is 1. The van der Waals surface area contributed by atoms with Crippen LogP contribution in [0.4, 0.5) is 0 Å². The van der Waals surface area contributed by atoms with Crippen LogP contribution in [0.25, 0.3) is 0 Å². The van der Waals surface area contributed by atoms with Crippen LogP contribution in [0.1, 0.15) is 13.3 Å². The Morgan fingerprint density at radius 1 is 1.42 bits per heavy atom. The van der Waals surface area contributed by atoms with Crippen molar-refractivity contribution < 1.29 is 9.53 Å². The first-order valence-electron chi connectivity index (χ1n) is 6.54. The fourth-order valence-corrected chi connectivity index (χ4v) is 2.15. The van der Waals surface area contributed by atoms with E-state index in [1.165, 1.54) is 0 Å². The molecule has 2 rings (SSSR count). The van der Waals surface area contributed by atoms with Crippen molar-refractivity contribution >= 4 is 17.5 Å². The Morgan fingerprint density at radius 2 is 2.16 bits per heavy atom. The summed E-state index contributed by atoms with van der Waals surface area (Å²) in [6.45, 7) is 4.59. The van der Waals surface area contributed by atoms with Crippen LogP contribution in [0.5, 0.6) is 5.75 Å². The van der Waals surface area contributed by atoms with E-state index >= 15 is 0 Å². The third-order valence-corrected chi connectivity index (χ3v) is 3.49. The van der Waals surface area contributed by atoms with Crippen LogP contribution in [0.2, 0.25) is 5.02 Å². The maximum absolute atomic E-state index is 12.0. The summed E-state index contributed by atoms with van der Waals surface area (Å²) in [7, 11) is 0. The zero-order chi connectivity index (χ0) is 13.7. The fraction of sp³-hybridized carbons (Fsp3) is 0.500. The molecule has 0 aliphatic carbocycles. The van der Waals surface area contributed by atoms with Gasteiger partial charge in [-0.2, -0.15) is 0 Å². The summed E-state index contributed by atoms with van der Waals surface area (Å²) in [4.78, 5) is 13.9. The number of hydrogen-bond acceptors (Lipinski definition) is 3. The molecule has 0 spiro atoms. The molecule has 1 aliphatic rings. The molecular formula is C14H19ClN2O2. The lowest BCUT2D eigenvalue weighted by atomic mass is 10.2. The SMILES string of the molecule is CC1CCN(C(=O)COc2ccc(Cl)cc2)CCN1. The highest BCUT2D eigenvalue weighted by atomic mass is 35.5. The number of carbonyl (C=O) groups excluding carboxylic acids is 1. The smallest absolute Gasteiger partial charge is 0.260 e. The van der Waals surface area contributed by atoms with Gasteiger partial charge >= 0.3 is 0 Å². The summed E-state index contributed by atoms with van der Waals surface area (Å²) in [6.07, 6.45) is 0.979. The van der Waals surface area contributed by atoms with Gasteiger partial charge in [0.25, 0.3) is 5.91 Å². The number of benzene rings is 1. The molecule has 1 N–H and O–H groups in total. The summed E-state index contributed by atoms with van der Waals surface area (Å²) in [6, 6.07) is 7.50. The molecule has 1 unspecified atom stereocenters. The summed E-state index contributed by atoms with van der Waals surface area (Å²) in [5, 5.41) is 4.02. The average Bonchev–Trinajstić information content (AvgIpc) is 2.63. The first kappa shape index (κ1) is 14.2. The number of halogens is 1. The molecule has 1 atom stereocenters. The van der Waals surface area contributed by atoms with Crippen LogP contribution < -0.4 is 10.1 Å². The van der Waals surface area contributed by atoms with Gasteiger partial charge in [-0.15, -0.1) is 0 Å². The van der Waals surface area contributed by atoms with Crippen LogP contribution in [-0.2, 0) is 4.79 Å². The molecule has 1 aromatic rings. The molecule has 104 valence electrons. The summed E-state index contributed by atoms with van der Waals surface area (Å²) in [5.41, 5.74) is 0. The predicted molar refractivity (Wildman–Crippen MR) is 75.6 cm³/mol. The summed E-state index contributed by atoms with van der Waals surface area (Å²) >= 11 is 5.79. The number of hydrogen-bond donors (Lipinski definition) is 1. The van der Waals surface area contributed by atoms with Crippen molar-refractivity contribution in [1.29, 1.82) is 0 Å². The Kier molecular flexibility index (Phi) is 5.05. The molecule has 1 fully saturated rings. The average molecular weight is 283 g/mol. The molecule has 1 heterocycles. The largest absolute Gasteiger partial charge is 0.484 e. The first-order valence-corrected chi connectivity index (χ1v) is 6.92. The third-order valence-electron chi connectivity index (χ3n) is 3.24. The summed E-state index contributed by atoms with van der Waals surface area (Å²) < 4.78 is 5.47. The zero-order valence-electron chi connectivity index (χ0n) is 11.1. The quantitative estimate of drug-likeness (QED) is 0.921. The molecule has 19 heavy (non-hydrogen) atoms. The van der Waals surface area contributed by atoms with Crippen LogP contribution in [-0.4, -0.2) is 43.1 Å². The highest BCUT2D eigenvalue weighted by Crippen LogP contribution is 2.15. The second-order valence-electron chi connectivity index (χ2n) is 4.77. The second-order valence-corrected chi connectivity index (χ2v) is 5.20. The van der Waals surface area contributed by atoms with Gasteiger partial charge in [-0.25, -0.2) is 0 Å². The van der Waals surface area contributed by atoms with Gasteiger partial charge in [0.2, 0.25) is 0 Å². The number of ether oxygens (including phenoxy) is 1. The van der Waals surface area contributed by atoms with E-state index in [1.54, 1.807) is 24.3 Å². The lowest BCUT2D eigenvalue weighted by Gasteiger charge is -2.20. The van der Waals surface area contributed by atoms with Crippen LogP contribution in [0, 0.1) is 0 Å². The van der Waals surface area contributed by atoms with Gasteiger partial charge in [0.1, 0.15) is 5.75 Å². The monoisotopic (exact) mass is 282 g/mol. The Balaban J connectivity index is 1.82. The zero-order valence-corrected chi connectivity index (χ0v) is 11.8. The van der Waals surface area contributed by atoms with Crippen LogP contribution >= 0.6 is 11.6 Å². The van der Waals surface area contributed by atoms with E-state index in [-0.39, 0.29) is 12.5 Å². The van der Waals surface area contributed by atoms with E-state index in [0.717, 1.165) is 26.1 Å². The van der Waals surface area contributed by atoms with Crippen molar-refractivity contribution in [3.05, 3.63) is 29.3 Å². The summed E-state index contributed by atoms with van der Waals surface area (Å²) in [5.74, 6) is 0.699. The molecule has 0 radical (unpaired) electrons. The van der Waals surface area contributed by atoms with Crippen molar-refractivity contribution in [3.8, 4) is 5.75 Å². The van der Waals surface area contributed by atoms with Crippen molar-refractivity contribution in [2.24, 2.45) is 0 Å². The molecule has 1 amide bonds. The maximum atomic E-state index is 12.0. The van der Waals surface area contributed by atoms with Gasteiger partial charge in [0.05, 0.1) is 0 Å². The minimum absolute atomic E-state index is 0.0332.